The fraction of sp³-hybridized carbons (Fsp3) is 0.647. The van der Waals surface area contributed by atoms with Crippen LogP contribution in [0.2, 0.25) is 0 Å². The lowest BCUT2D eigenvalue weighted by Crippen LogP contribution is -2.47. The summed E-state index contributed by atoms with van der Waals surface area (Å²) >= 11 is 0. The van der Waals surface area contributed by atoms with Crippen LogP contribution >= 0.6 is 0 Å². The van der Waals surface area contributed by atoms with Crippen molar-refractivity contribution in [2.75, 3.05) is 40.3 Å². The zero-order valence-corrected chi connectivity index (χ0v) is 15.3. The lowest BCUT2D eigenvalue weighted by Gasteiger charge is -2.32. The van der Waals surface area contributed by atoms with Crippen molar-refractivity contribution in [3.05, 3.63) is 35.4 Å². The van der Waals surface area contributed by atoms with Crippen LogP contribution in [-0.4, -0.2) is 62.2 Å². The van der Waals surface area contributed by atoms with Crippen molar-refractivity contribution in [2.45, 2.75) is 32.7 Å². The minimum Gasteiger partial charge on any atom is -0.308 e. The largest absolute Gasteiger partial charge is 0.308 e. The molecule has 1 fully saturated rings. The summed E-state index contributed by atoms with van der Waals surface area (Å²) in [6, 6.07) is 8.10. The van der Waals surface area contributed by atoms with Crippen molar-refractivity contribution in [1.82, 2.24) is 13.5 Å². The molecule has 23 heavy (non-hydrogen) atoms. The van der Waals surface area contributed by atoms with E-state index in [9.17, 15) is 8.42 Å². The lowest BCUT2D eigenvalue weighted by atomic mass is 10.1. The Morgan fingerprint density at radius 1 is 1.00 bits per heavy atom. The molecule has 0 spiro atoms. The quantitative estimate of drug-likeness (QED) is 0.764. The molecule has 1 aromatic carbocycles. The third-order valence-corrected chi connectivity index (χ3v) is 6.23. The van der Waals surface area contributed by atoms with Gasteiger partial charge in [0.15, 0.2) is 0 Å². The van der Waals surface area contributed by atoms with Gasteiger partial charge >= 0.3 is 0 Å². The van der Waals surface area contributed by atoms with Crippen molar-refractivity contribution in [1.29, 1.82) is 0 Å². The van der Waals surface area contributed by atoms with Crippen molar-refractivity contribution >= 4 is 10.2 Å². The Kier molecular flexibility index (Phi) is 6.59. The first kappa shape index (κ1) is 18.4. The van der Waals surface area contributed by atoms with E-state index in [1.54, 1.807) is 8.61 Å². The average Bonchev–Trinajstić information content (AvgIpc) is 2.53. The van der Waals surface area contributed by atoms with Gasteiger partial charge in [-0.15, -0.1) is 0 Å². The van der Waals surface area contributed by atoms with Crippen LogP contribution in [-0.2, 0) is 16.8 Å². The molecule has 0 aliphatic carbocycles. The fourth-order valence-corrected chi connectivity index (χ4v) is 4.41. The van der Waals surface area contributed by atoms with Gasteiger partial charge in [0.25, 0.3) is 10.2 Å². The van der Waals surface area contributed by atoms with E-state index in [2.05, 4.69) is 0 Å². The number of rotatable bonds is 7. The molecule has 0 amide bonds. The third kappa shape index (κ3) is 5.28. The first-order chi connectivity index (χ1) is 10.9. The van der Waals surface area contributed by atoms with Gasteiger partial charge in [-0.2, -0.15) is 17.0 Å². The second-order valence-corrected chi connectivity index (χ2v) is 8.52. The number of hydrogen-bond donors (Lipinski definition) is 0. The average molecular weight is 340 g/mol. The van der Waals surface area contributed by atoms with E-state index in [0.29, 0.717) is 26.2 Å². The number of nitrogens with zero attached hydrogens (tertiary/aromatic N) is 3. The van der Waals surface area contributed by atoms with Gasteiger partial charge in [0.05, 0.1) is 0 Å². The Balaban J connectivity index is 2.16. The highest BCUT2D eigenvalue weighted by atomic mass is 32.2. The number of benzene rings is 1. The second-order valence-electron chi connectivity index (χ2n) is 6.59. The van der Waals surface area contributed by atoms with Crippen LogP contribution in [0.4, 0.5) is 0 Å². The Bertz CT molecular complexity index is 578. The van der Waals surface area contributed by atoms with Gasteiger partial charge in [-0.3, -0.25) is 0 Å². The molecule has 130 valence electrons. The van der Waals surface area contributed by atoms with E-state index in [0.717, 1.165) is 31.4 Å². The summed E-state index contributed by atoms with van der Waals surface area (Å²) in [7, 11) is 0.552. The smallest absolute Gasteiger partial charge is 0.282 e. The van der Waals surface area contributed by atoms with Crippen LogP contribution < -0.4 is 0 Å². The van der Waals surface area contributed by atoms with E-state index in [1.165, 1.54) is 5.56 Å². The highest BCUT2D eigenvalue weighted by Crippen LogP contribution is 2.19. The predicted octanol–water partition coefficient (Wildman–Crippen LogP) is 2.09. The molecule has 1 aliphatic rings. The molecule has 0 N–H and O–H groups in total. The van der Waals surface area contributed by atoms with Gasteiger partial charge in [0, 0.05) is 32.7 Å². The number of piperidine rings is 1. The summed E-state index contributed by atoms with van der Waals surface area (Å²) in [4.78, 5) is 2.02. The van der Waals surface area contributed by atoms with Gasteiger partial charge in [0.1, 0.15) is 0 Å². The maximum absolute atomic E-state index is 13.0. The first-order valence-electron chi connectivity index (χ1n) is 8.35. The van der Waals surface area contributed by atoms with Crippen LogP contribution in [0.15, 0.2) is 24.3 Å². The molecule has 0 saturated carbocycles. The SMILES string of the molecule is Cc1ccc(CN(CCN(C)C)S(=O)(=O)N2CCCCC2)cc1. The molecule has 6 heteroatoms. The van der Waals surface area contributed by atoms with Crippen molar-refractivity contribution in [3.8, 4) is 0 Å². The van der Waals surface area contributed by atoms with Crippen LogP contribution in [0.5, 0.6) is 0 Å². The Labute approximate surface area is 141 Å². The summed E-state index contributed by atoms with van der Waals surface area (Å²) < 4.78 is 29.3. The van der Waals surface area contributed by atoms with Gasteiger partial charge in [0.2, 0.25) is 0 Å². The zero-order valence-electron chi connectivity index (χ0n) is 14.5. The number of hydrogen-bond acceptors (Lipinski definition) is 3. The molecular weight excluding hydrogens is 310 g/mol. The normalized spacial score (nSPS) is 17.1. The van der Waals surface area contributed by atoms with E-state index in [-0.39, 0.29) is 0 Å². The minimum atomic E-state index is -3.39. The van der Waals surface area contributed by atoms with Gasteiger partial charge in [-0.1, -0.05) is 36.2 Å². The summed E-state index contributed by atoms with van der Waals surface area (Å²) in [5.41, 5.74) is 2.22. The molecule has 1 aromatic rings. The van der Waals surface area contributed by atoms with Crippen molar-refractivity contribution < 1.29 is 8.42 Å². The van der Waals surface area contributed by atoms with Gasteiger partial charge < -0.3 is 4.90 Å². The van der Waals surface area contributed by atoms with Crippen LogP contribution in [0.3, 0.4) is 0 Å². The molecule has 0 aromatic heterocycles. The molecular formula is C17H29N3O2S. The van der Waals surface area contributed by atoms with Gasteiger partial charge in [-0.05, 0) is 39.4 Å². The Hall–Kier alpha value is -0.950. The number of aryl methyl sites for hydroxylation is 1. The fourth-order valence-electron chi connectivity index (χ4n) is 2.74. The van der Waals surface area contributed by atoms with E-state index < -0.39 is 10.2 Å². The highest BCUT2D eigenvalue weighted by Gasteiger charge is 2.30. The second kappa shape index (κ2) is 8.24. The summed E-state index contributed by atoms with van der Waals surface area (Å²) in [5, 5.41) is 0. The summed E-state index contributed by atoms with van der Waals surface area (Å²) in [6.07, 6.45) is 3.05. The molecule has 0 radical (unpaired) electrons. The molecule has 0 atom stereocenters. The maximum Gasteiger partial charge on any atom is 0.282 e. The summed E-state index contributed by atoms with van der Waals surface area (Å²) in [6.45, 7) is 5.01. The van der Waals surface area contributed by atoms with Crippen LogP contribution in [0.1, 0.15) is 30.4 Å². The third-order valence-electron chi connectivity index (χ3n) is 4.24. The molecule has 2 rings (SSSR count). The van der Waals surface area contributed by atoms with Crippen molar-refractivity contribution in [2.24, 2.45) is 0 Å². The predicted molar refractivity (Wildman–Crippen MR) is 94.5 cm³/mol. The molecule has 1 aliphatic heterocycles. The van der Waals surface area contributed by atoms with Gasteiger partial charge in [-0.25, -0.2) is 0 Å². The van der Waals surface area contributed by atoms with Crippen LogP contribution in [0.25, 0.3) is 0 Å². The minimum absolute atomic E-state index is 0.437. The van der Waals surface area contributed by atoms with E-state index in [1.807, 2.05) is 50.2 Å². The summed E-state index contributed by atoms with van der Waals surface area (Å²) in [5.74, 6) is 0. The highest BCUT2D eigenvalue weighted by molar-refractivity contribution is 7.86. The topological polar surface area (TPSA) is 43.9 Å². The molecule has 5 nitrogen and oxygen atoms in total. The zero-order chi connectivity index (χ0) is 16.9. The Morgan fingerprint density at radius 2 is 1.61 bits per heavy atom. The molecule has 0 unspecified atom stereocenters. The lowest BCUT2D eigenvalue weighted by molar-refractivity contribution is 0.281. The number of likely N-dealkylation sites (N-methyl/N-ethyl adjacent to an activating group) is 1. The van der Waals surface area contributed by atoms with E-state index >= 15 is 0 Å². The van der Waals surface area contributed by atoms with Crippen LogP contribution in [0, 0.1) is 6.92 Å². The molecule has 1 heterocycles. The monoisotopic (exact) mass is 339 g/mol. The molecule has 1 saturated heterocycles. The Morgan fingerprint density at radius 3 is 2.17 bits per heavy atom. The first-order valence-corrected chi connectivity index (χ1v) is 9.75. The molecule has 0 bridgehead atoms. The van der Waals surface area contributed by atoms with Crippen molar-refractivity contribution in [3.63, 3.8) is 0 Å². The standard InChI is InChI=1S/C17H29N3O2S/c1-16-7-9-17(10-8-16)15-20(14-13-18(2)3)23(21,22)19-11-5-4-6-12-19/h7-10H,4-6,11-15H2,1-3H3. The van der Waals surface area contributed by atoms with E-state index in [4.69, 9.17) is 0 Å². The maximum atomic E-state index is 13.0.